The van der Waals surface area contributed by atoms with Gasteiger partial charge in [0.1, 0.15) is 0 Å². The predicted molar refractivity (Wildman–Crippen MR) is 125 cm³/mol. The van der Waals surface area contributed by atoms with Crippen molar-refractivity contribution in [3.8, 4) is 11.5 Å². The number of fused-ring (bicyclic) bond motifs is 2. The number of rotatable bonds is 5. The highest BCUT2D eigenvalue weighted by molar-refractivity contribution is 7.89. The van der Waals surface area contributed by atoms with Crippen molar-refractivity contribution in [1.82, 2.24) is 14.6 Å². The average Bonchev–Trinajstić information content (AvgIpc) is 3.13. The van der Waals surface area contributed by atoms with Gasteiger partial charge >= 0.3 is 0 Å². The quantitative estimate of drug-likeness (QED) is 0.594. The first-order chi connectivity index (χ1) is 16.0. The maximum Gasteiger partial charge on any atom is 0.241 e. The molecule has 1 fully saturated rings. The summed E-state index contributed by atoms with van der Waals surface area (Å²) in [5, 5.41) is 1.03. The summed E-state index contributed by atoms with van der Waals surface area (Å²) < 4.78 is 40.3. The number of carbonyl (C=O) groups is 1. The third-order valence-corrected chi connectivity index (χ3v) is 8.47. The van der Waals surface area contributed by atoms with Crippen molar-refractivity contribution in [2.24, 2.45) is 0 Å². The van der Waals surface area contributed by atoms with Crippen LogP contribution in [0.4, 0.5) is 0 Å². The maximum atomic E-state index is 12.8. The van der Waals surface area contributed by atoms with Gasteiger partial charge < -0.3 is 14.4 Å². The second-order valence-corrected chi connectivity index (χ2v) is 11.0. The van der Waals surface area contributed by atoms with Gasteiger partial charge in [-0.2, -0.15) is 0 Å². The number of amides is 1. The molecule has 1 N–H and O–H groups in total. The van der Waals surface area contributed by atoms with Crippen molar-refractivity contribution in [2.45, 2.75) is 30.1 Å². The molecule has 1 aromatic heterocycles. The number of carbonyl (C=O) groups excluding carboxylic acids is 1. The minimum absolute atomic E-state index is 0.0468. The van der Waals surface area contributed by atoms with Crippen LogP contribution in [0.2, 0.25) is 0 Å². The van der Waals surface area contributed by atoms with E-state index in [1.165, 1.54) is 12.1 Å². The number of ether oxygens (including phenoxy) is 2. The van der Waals surface area contributed by atoms with Crippen LogP contribution >= 0.6 is 11.3 Å². The Balaban J connectivity index is 1.23. The van der Waals surface area contributed by atoms with Crippen LogP contribution in [0.3, 0.4) is 0 Å². The number of hydrogen-bond donors (Lipinski definition) is 1. The fraction of sp³-hybridized carbons (Fsp3) is 0.391. The van der Waals surface area contributed by atoms with Crippen molar-refractivity contribution in [3.63, 3.8) is 0 Å². The highest BCUT2D eigenvalue weighted by atomic mass is 32.2. The molecule has 10 heteroatoms. The summed E-state index contributed by atoms with van der Waals surface area (Å²) in [6.07, 6.45) is 2.56. The number of benzene rings is 2. The zero-order valence-electron chi connectivity index (χ0n) is 18.0. The molecule has 174 valence electrons. The van der Waals surface area contributed by atoms with Gasteiger partial charge in [0.25, 0.3) is 0 Å². The van der Waals surface area contributed by atoms with E-state index < -0.39 is 10.0 Å². The first-order valence-electron chi connectivity index (χ1n) is 11.0. The lowest BCUT2D eigenvalue weighted by Gasteiger charge is -2.32. The minimum atomic E-state index is -3.87. The Morgan fingerprint density at radius 3 is 2.79 bits per heavy atom. The third kappa shape index (κ3) is 4.83. The summed E-state index contributed by atoms with van der Waals surface area (Å²) in [5.74, 6) is 0.852. The Morgan fingerprint density at radius 2 is 1.94 bits per heavy atom. The third-order valence-electron chi connectivity index (χ3n) is 5.88. The molecule has 0 spiro atoms. The van der Waals surface area contributed by atoms with Gasteiger partial charge in [0.15, 0.2) is 11.5 Å². The van der Waals surface area contributed by atoms with Crippen LogP contribution in [-0.4, -0.2) is 57.1 Å². The number of likely N-dealkylation sites (tertiary alicyclic amines) is 1. The molecule has 3 aromatic rings. The van der Waals surface area contributed by atoms with Gasteiger partial charge in [-0.1, -0.05) is 12.1 Å². The van der Waals surface area contributed by atoms with Crippen LogP contribution in [0.25, 0.3) is 10.2 Å². The van der Waals surface area contributed by atoms with E-state index in [1.54, 1.807) is 22.3 Å². The zero-order chi connectivity index (χ0) is 22.8. The number of nitrogens with one attached hydrogen (secondary N) is 1. The van der Waals surface area contributed by atoms with Gasteiger partial charge in [-0.25, -0.2) is 18.1 Å². The second kappa shape index (κ2) is 9.28. The van der Waals surface area contributed by atoms with Gasteiger partial charge in [0.05, 0.1) is 39.9 Å². The van der Waals surface area contributed by atoms with E-state index >= 15 is 0 Å². The molecule has 5 rings (SSSR count). The van der Waals surface area contributed by atoms with Crippen LogP contribution in [0.1, 0.15) is 30.2 Å². The van der Waals surface area contributed by atoms with Crippen molar-refractivity contribution in [2.75, 3.05) is 32.8 Å². The first kappa shape index (κ1) is 22.1. The minimum Gasteiger partial charge on any atom is -0.490 e. The Labute approximate surface area is 196 Å². The molecule has 1 amide bonds. The summed E-state index contributed by atoms with van der Waals surface area (Å²) in [6.45, 7) is 1.87. The second-order valence-electron chi connectivity index (χ2n) is 8.18. The summed E-state index contributed by atoms with van der Waals surface area (Å²) >= 11 is 1.66. The Bertz CT molecular complexity index is 1240. The molecule has 33 heavy (non-hydrogen) atoms. The SMILES string of the molecule is O=C(CNS(=O)(=O)c1ccc2c(c1)OCCCO2)N1CCCC(c2nc3ccccc3s2)C1. The molecule has 1 atom stereocenters. The van der Waals surface area contributed by atoms with Crippen LogP contribution in [0.5, 0.6) is 11.5 Å². The molecule has 1 saturated heterocycles. The molecule has 2 aliphatic heterocycles. The monoisotopic (exact) mass is 487 g/mol. The summed E-state index contributed by atoms with van der Waals surface area (Å²) in [7, 11) is -3.87. The predicted octanol–water partition coefficient (Wildman–Crippen LogP) is 3.14. The highest BCUT2D eigenvalue weighted by Gasteiger charge is 2.28. The number of thiazole rings is 1. The molecule has 2 aromatic carbocycles. The highest BCUT2D eigenvalue weighted by Crippen LogP contribution is 2.33. The molecule has 0 bridgehead atoms. The molecule has 0 aliphatic carbocycles. The fourth-order valence-corrected chi connectivity index (χ4v) is 6.22. The van der Waals surface area contributed by atoms with Crippen LogP contribution in [-0.2, 0) is 14.8 Å². The van der Waals surface area contributed by atoms with Gasteiger partial charge in [-0.15, -0.1) is 11.3 Å². The number of hydrogen-bond acceptors (Lipinski definition) is 7. The molecule has 0 radical (unpaired) electrons. The molecule has 3 heterocycles. The number of aromatic nitrogens is 1. The van der Waals surface area contributed by atoms with E-state index in [0.29, 0.717) is 37.8 Å². The van der Waals surface area contributed by atoms with Crippen molar-refractivity contribution in [3.05, 3.63) is 47.5 Å². The van der Waals surface area contributed by atoms with Gasteiger partial charge in [0, 0.05) is 31.5 Å². The summed E-state index contributed by atoms with van der Waals surface area (Å²) in [5.41, 5.74) is 0.976. The maximum absolute atomic E-state index is 12.8. The van der Waals surface area contributed by atoms with Gasteiger partial charge in [0.2, 0.25) is 15.9 Å². The van der Waals surface area contributed by atoms with E-state index in [2.05, 4.69) is 10.8 Å². The van der Waals surface area contributed by atoms with Crippen LogP contribution in [0, 0.1) is 0 Å². The zero-order valence-corrected chi connectivity index (χ0v) is 19.7. The Morgan fingerprint density at radius 1 is 1.12 bits per heavy atom. The van der Waals surface area contributed by atoms with Crippen molar-refractivity contribution in [1.29, 1.82) is 0 Å². The fourth-order valence-electron chi connectivity index (χ4n) is 4.13. The molecule has 1 unspecified atom stereocenters. The van der Waals surface area contributed by atoms with E-state index in [9.17, 15) is 13.2 Å². The Kier molecular flexibility index (Phi) is 6.22. The average molecular weight is 488 g/mol. The topological polar surface area (TPSA) is 97.8 Å². The lowest BCUT2D eigenvalue weighted by atomic mass is 9.98. The number of para-hydroxylation sites is 1. The molecular formula is C23H25N3O5S2. The summed E-state index contributed by atoms with van der Waals surface area (Å²) in [6, 6.07) is 12.5. The Hall–Kier alpha value is -2.69. The van der Waals surface area contributed by atoms with Crippen LogP contribution < -0.4 is 14.2 Å². The molecule has 2 aliphatic rings. The van der Waals surface area contributed by atoms with Crippen molar-refractivity contribution >= 4 is 37.5 Å². The largest absolute Gasteiger partial charge is 0.490 e. The number of sulfonamides is 1. The van der Waals surface area contributed by atoms with E-state index in [1.807, 2.05) is 18.2 Å². The lowest BCUT2D eigenvalue weighted by molar-refractivity contribution is -0.131. The molecular weight excluding hydrogens is 462 g/mol. The van der Waals surface area contributed by atoms with E-state index in [0.717, 1.165) is 34.5 Å². The summed E-state index contributed by atoms with van der Waals surface area (Å²) in [4.78, 5) is 19.4. The first-order valence-corrected chi connectivity index (χ1v) is 13.3. The molecule has 0 saturated carbocycles. The lowest BCUT2D eigenvalue weighted by Crippen LogP contribution is -2.44. The van der Waals surface area contributed by atoms with Crippen molar-refractivity contribution < 1.29 is 22.7 Å². The smallest absolute Gasteiger partial charge is 0.241 e. The van der Waals surface area contributed by atoms with E-state index in [-0.39, 0.29) is 23.3 Å². The van der Waals surface area contributed by atoms with E-state index in [4.69, 9.17) is 14.5 Å². The van der Waals surface area contributed by atoms with Gasteiger partial charge in [-0.05, 0) is 37.1 Å². The van der Waals surface area contributed by atoms with Crippen LogP contribution in [0.15, 0.2) is 47.4 Å². The standard InChI is InChI=1S/C23H25N3O5S2/c27-22(14-24-33(28,29)17-8-9-19-20(13-17)31-12-4-11-30-19)26-10-3-5-16(15-26)23-25-18-6-1-2-7-21(18)32-23/h1-2,6-9,13,16,24H,3-5,10-12,14-15H2. The number of nitrogens with zero attached hydrogens (tertiary/aromatic N) is 2. The normalized spacial score (nSPS) is 18.8. The molecule has 8 nitrogen and oxygen atoms in total. The van der Waals surface area contributed by atoms with Gasteiger partial charge in [-0.3, -0.25) is 4.79 Å². The number of piperidine rings is 1.